The highest BCUT2D eigenvalue weighted by Crippen LogP contribution is 2.00. The Morgan fingerprint density at radius 3 is 2.53 bits per heavy atom. The molecule has 0 fully saturated rings. The minimum absolute atomic E-state index is 0.0486. The summed E-state index contributed by atoms with van der Waals surface area (Å²) in [6.45, 7) is 1.20. The average molecular weight is 211 g/mol. The number of halogens is 1. The molecule has 1 N–H and O–H groups in total. The van der Waals surface area contributed by atoms with Crippen LogP contribution in [0.15, 0.2) is 24.3 Å². The first-order valence-electron chi connectivity index (χ1n) is 4.83. The van der Waals surface area contributed by atoms with Gasteiger partial charge in [-0.05, 0) is 12.1 Å². The molecule has 1 aromatic carbocycles. The zero-order valence-corrected chi connectivity index (χ0v) is 8.63. The molecule has 0 saturated heterocycles. The molecule has 0 saturated carbocycles. The van der Waals surface area contributed by atoms with Crippen molar-refractivity contribution in [2.75, 3.05) is 13.6 Å². The predicted octanol–water partition coefficient (Wildman–Crippen LogP) is -1.02. The van der Waals surface area contributed by atoms with Crippen molar-refractivity contribution < 1.29 is 19.2 Å². The fourth-order valence-corrected chi connectivity index (χ4v) is 1.35. The van der Waals surface area contributed by atoms with E-state index in [4.69, 9.17) is 0 Å². The summed E-state index contributed by atoms with van der Waals surface area (Å²) < 4.78 is 12.6. The van der Waals surface area contributed by atoms with Gasteiger partial charge in [0, 0.05) is 18.0 Å². The average Bonchev–Trinajstić information content (AvgIpc) is 2.19. The second-order valence-electron chi connectivity index (χ2n) is 3.63. The van der Waals surface area contributed by atoms with E-state index in [0.29, 0.717) is 13.1 Å². The van der Waals surface area contributed by atoms with Crippen LogP contribution in [0, 0.1) is 5.82 Å². The Balaban J connectivity index is 2.40. The molecule has 0 aliphatic heterocycles. The fourth-order valence-electron chi connectivity index (χ4n) is 1.35. The molecular formula is C11H14FNO2. The van der Waals surface area contributed by atoms with Gasteiger partial charge < -0.3 is 14.8 Å². The van der Waals surface area contributed by atoms with Gasteiger partial charge in [-0.2, -0.15) is 0 Å². The van der Waals surface area contributed by atoms with Crippen molar-refractivity contribution in [1.29, 1.82) is 0 Å². The Morgan fingerprint density at radius 2 is 2.00 bits per heavy atom. The predicted molar refractivity (Wildman–Crippen MR) is 51.5 cm³/mol. The smallest absolute Gasteiger partial charge is 0.123 e. The highest BCUT2D eigenvalue weighted by molar-refractivity contribution is 5.64. The van der Waals surface area contributed by atoms with E-state index in [2.05, 4.69) is 0 Å². The van der Waals surface area contributed by atoms with Gasteiger partial charge in [-0.25, -0.2) is 4.39 Å². The van der Waals surface area contributed by atoms with Crippen molar-refractivity contribution in [2.45, 2.75) is 13.0 Å². The molecule has 0 heterocycles. The lowest BCUT2D eigenvalue weighted by Gasteiger charge is -2.14. The second kappa shape index (κ2) is 5.46. The number of nitrogens with one attached hydrogen (secondary N) is 1. The first-order chi connectivity index (χ1) is 7.08. The van der Waals surface area contributed by atoms with E-state index in [1.807, 2.05) is 7.05 Å². The minimum atomic E-state index is -1.03. The summed E-state index contributed by atoms with van der Waals surface area (Å²) in [7, 11) is 1.90. The van der Waals surface area contributed by atoms with Crippen molar-refractivity contribution >= 4 is 5.97 Å². The molecule has 4 heteroatoms. The van der Waals surface area contributed by atoms with E-state index in [-0.39, 0.29) is 12.2 Å². The van der Waals surface area contributed by atoms with Crippen LogP contribution >= 0.6 is 0 Å². The maximum atomic E-state index is 12.6. The lowest BCUT2D eigenvalue weighted by Crippen LogP contribution is -3.07. The van der Waals surface area contributed by atoms with Gasteiger partial charge in [0.15, 0.2) is 0 Å². The molecule has 1 unspecified atom stereocenters. The quantitative estimate of drug-likeness (QED) is 0.677. The van der Waals surface area contributed by atoms with Gasteiger partial charge >= 0.3 is 0 Å². The minimum Gasteiger partial charge on any atom is -0.550 e. The standard InChI is InChI=1S/C11H14FNO2/c1-13(7-6-11(14)15)8-9-2-4-10(12)5-3-9/h2-5H,6-8H2,1H3,(H,14,15). The SMILES string of the molecule is C[NH+](CCC(=O)[O-])Cc1ccc(F)cc1. The van der Waals surface area contributed by atoms with Gasteiger partial charge in [-0.3, -0.25) is 0 Å². The molecule has 0 spiro atoms. The summed E-state index contributed by atoms with van der Waals surface area (Å²) in [5.41, 5.74) is 0.993. The van der Waals surface area contributed by atoms with Crippen LogP contribution in [0.5, 0.6) is 0 Å². The molecule has 0 aromatic heterocycles. The van der Waals surface area contributed by atoms with Crippen LogP contribution in [-0.2, 0) is 11.3 Å². The Labute approximate surface area is 88.1 Å². The Bertz CT molecular complexity index is 324. The third-order valence-corrected chi connectivity index (χ3v) is 2.18. The number of carbonyl (C=O) groups excluding carboxylic acids is 1. The molecule has 15 heavy (non-hydrogen) atoms. The van der Waals surface area contributed by atoms with E-state index in [0.717, 1.165) is 10.5 Å². The number of quaternary nitrogens is 1. The normalized spacial score (nSPS) is 12.4. The van der Waals surface area contributed by atoms with Gasteiger partial charge in [-0.1, -0.05) is 12.1 Å². The van der Waals surface area contributed by atoms with Crippen molar-refractivity contribution in [2.24, 2.45) is 0 Å². The van der Waals surface area contributed by atoms with Crippen LogP contribution in [0.25, 0.3) is 0 Å². The molecule has 0 aliphatic rings. The number of carbonyl (C=O) groups is 1. The van der Waals surface area contributed by atoms with Gasteiger partial charge in [-0.15, -0.1) is 0 Å². The Hall–Kier alpha value is -1.42. The van der Waals surface area contributed by atoms with Crippen molar-refractivity contribution in [3.05, 3.63) is 35.6 Å². The van der Waals surface area contributed by atoms with E-state index < -0.39 is 5.97 Å². The van der Waals surface area contributed by atoms with Crippen LogP contribution in [0.2, 0.25) is 0 Å². The van der Waals surface area contributed by atoms with Gasteiger partial charge in [0.2, 0.25) is 0 Å². The molecule has 0 amide bonds. The first kappa shape index (κ1) is 11.7. The first-order valence-corrected chi connectivity index (χ1v) is 4.83. The molecule has 3 nitrogen and oxygen atoms in total. The summed E-state index contributed by atoms with van der Waals surface area (Å²) in [5.74, 6) is -1.29. The van der Waals surface area contributed by atoms with Crippen LogP contribution < -0.4 is 10.0 Å². The third-order valence-electron chi connectivity index (χ3n) is 2.18. The third kappa shape index (κ3) is 4.56. The lowest BCUT2D eigenvalue weighted by molar-refractivity contribution is -0.893. The van der Waals surface area contributed by atoms with E-state index >= 15 is 0 Å². The highest BCUT2D eigenvalue weighted by atomic mass is 19.1. The molecule has 0 bridgehead atoms. The summed E-state index contributed by atoms with van der Waals surface area (Å²) >= 11 is 0. The molecule has 1 atom stereocenters. The second-order valence-corrected chi connectivity index (χ2v) is 3.63. The molecule has 1 rings (SSSR count). The Morgan fingerprint density at radius 1 is 1.40 bits per heavy atom. The molecule has 0 aliphatic carbocycles. The monoisotopic (exact) mass is 211 g/mol. The largest absolute Gasteiger partial charge is 0.550 e. The lowest BCUT2D eigenvalue weighted by atomic mass is 10.2. The van der Waals surface area contributed by atoms with Crippen LogP contribution in [-0.4, -0.2) is 19.6 Å². The zero-order chi connectivity index (χ0) is 11.3. The number of benzene rings is 1. The molecular weight excluding hydrogens is 197 g/mol. The number of carboxylic acid groups (broad SMARTS) is 1. The van der Waals surface area contributed by atoms with Crippen LogP contribution in [0.4, 0.5) is 4.39 Å². The maximum absolute atomic E-state index is 12.6. The summed E-state index contributed by atoms with van der Waals surface area (Å²) in [6.07, 6.45) is 0.0486. The van der Waals surface area contributed by atoms with Crippen molar-refractivity contribution in [3.8, 4) is 0 Å². The summed E-state index contributed by atoms with van der Waals surface area (Å²) in [4.78, 5) is 11.3. The van der Waals surface area contributed by atoms with E-state index in [1.54, 1.807) is 12.1 Å². The van der Waals surface area contributed by atoms with Crippen LogP contribution in [0.3, 0.4) is 0 Å². The van der Waals surface area contributed by atoms with Crippen LogP contribution in [0.1, 0.15) is 12.0 Å². The summed E-state index contributed by atoms with van der Waals surface area (Å²) in [5, 5.41) is 10.2. The fraction of sp³-hybridized carbons (Fsp3) is 0.364. The molecule has 1 aromatic rings. The van der Waals surface area contributed by atoms with Gasteiger partial charge in [0.05, 0.1) is 13.6 Å². The van der Waals surface area contributed by atoms with Gasteiger partial charge in [0.25, 0.3) is 0 Å². The van der Waals surface area contributed by atoms with E-state index in [1.165, 1.54) is 12.1 Å². The zero-order valence-electron chi connectivity index (χ0n) is 8.63. The Kier molecular flexibility index (Phi) is 4.24. The summed E-state index contributed by atoms with van der Waals surface area (Å²) in [6, 6.07) is 6.22. The number of carboxylic acids is 1. The maximum Gasteiger partial charge on any atom is 0.123 e. The number of aliphatic carboxylic acids is 1. The highest BCUT2D eigenvalue weighted by Gasteiger charge is 2.03. The van der Waals surface area contributed by atoms with E-state index in [9.17, 15) is 14.3 Å². The van der Waals surface area contributed by atoms with Gasteiger partial charge in [0.1, 0.15) is 12.4 Å². The number of hydrogen-bond acceptors (Lipinski definition) is 2. The topological polar surface area (TPSA) is 44.6 Å². The number of hydrogen-bond donors (Lipinski definition) is 1. The molecule has 0 radical (unpaired) electrons. The number of rotatable bonds is 5. The van der Waals surface area contributed by atoms with Crippen molar-refractivity contribution in [3.63, 3.8) is 0 Å². The molecule has 82 valence electrons. The van der Waals surface area contributed by atoms with Crippen molar-refractivity contribution in [1.82, 2.24) is 0 Å².